The number of imidazole rings is 1. The van der Waals surface area contributed by atoms with Crippen LogP contribution in [0.15, 0.2) is 73.1 Å². The third-order valence-corrected chi connectivity index (χ3v) is 3.93. The molecular weight excluding hydrogens is 353 g/mol. The average Bonchev–Trinajstić information content (AvgIpc) is 3.09. The van der Waals surface area contributed by atoms with Crippen LogP contribution < -0.4 is 0 Å². The number of hydrogen-bond acceptors (Lipinski definition) is 3. The zero-order chi connectivity index (χ0) is 17.2. The number of phenolic OH excluding ortho intramolecular Hbond substituents is 1. The Balaban J connectivity index is 0.00000131. The first-order chi connectivity index (χ1) is 12.2. The Kier molecular flexibility index (Phi) is 5.00. The molecule has 132 valence electrons. The molecule has 0 amide bonds. The Morgan fingerprint density at radius 3 is 2.08 bits per heavy atom. The van der Waals surface area contributed by atoms with Crippen molar-refractivity contribution in [1.29, 1.82) is 0 Å². The van der Waals surface area contributed by atoms with E-state index in [0.717, 1.165) is 28.1 Å². The molecule has 0 unspecified atom stereocenters. The van der Waals surface area contributed by atoms with Gasteiger partial charge < -0.3 is 10.1 Å². The van der Waals surface area contributed by atoms with E-state index < -0.39 is 0 Å². The summed E-state index contributed by atoms with van der Waals surface area (Å²) in [5.74, 6) is 0.582. The molecule has 2 aromatic heterocycles. The zero-order valence-corrected chi connectivity index (χ0v) is 14.4. The quantitative estimate of drug-likeness (QED) is 0.514. The summed E-state index contributed by atoms with van der Waals surface area (Å²) in [4.78, 5) is 12.1. The van der Waals surface area contributed by atoms with Gasteiger partial charge in [0.15, 0.2) is 0 Å². The van der Waals surface area contributed by atoms with Crippen LogP contribution in [0.2, 0.25) is 0 Å². The van der Waals surface area contributed by atoms with Gasteiger partial charge in [-0.25, -0.2) is 9.37 Å². The standard InChI is InChI=1S/C20H14FN3O.ClH.H2/c21-16-5-1-13(2-6-16)18-19(14-9-11-22-12-10-14)24-20(23-18)15-3-7-17(25)8-4-15;;/h1-12,25H,(H,23,24);2*1H. The van der Waals surface area contributed by atoms with Crippen molar-refractivity contribution >= 4 is 12.4 Å². The van der Waals surface area contributed by atoms with Gasteiger partial charge in [0.05, 0.1) is 11.4 Å². The van der Waals surface area contributed by atoms with Crippen LogP contribution in [0.3, 0.4) is 0 Å². The summed E-state index contributed by atoms with van der Waals surface area (Å²) >= 11 is 0. The monoisotopic (exact) mass is 369 g/mol. The molecule has 0 aliphatic carbocycles. The lowest BCUT2D eigenvalue weighted by Gasteiger charge is -2.02. The highest BCUT2D eigenvalue weighted by molar-refractivity contribution is 5.85. The van der Waals surface area contributed by atoms with Gasteiger partial charge in [0, 0.05) is 30.5 Å². The maximum Gasteiger partial charge on any atom is 0.138 e. The van der Waals surface area contributed by atoms with Crippen molar-refractivity contribution in [1.82, 2.24) is 15.0 Å². The molecule has 0 saturated carbocycles. The van der Waals surface area contributed by atoms with E-state index in [9.17, 15) is 9.50 Å². The molecule has 2 N–H and O–H groups in total. The number of aromatic hydroxyl groups is 1. The van der Waals surface area contributed by atoms with E-state index in [1.165, 1.54) is 12.1 Å². The van der Waals surface area contributed by atoms with E-state index in [4.69, 9.17) is 4.98 Å². The van der Waals surface area contributed by atoms with Crippen LogP contribution in [0.1, 0.15) is 1.43 Å². The first kappa shape index (κ1) is 17.6. The van der Waals surface area contributed by atoms with Gasteiger partial charge in [0.2, 0.25) is 0 Å². The fourth-order valence-corrected chi connectivity index (χ4v) is 2.67. The highest BCUT2D eigenvalue weighted by Gasteiger charge is 2.15. The van der Waals surface area contributed by atoms with Gasteiger partial charge in [-0.05, 0) is 60.7 Å². The number of nitrogens with one attached hydrogen (secondary N) is 1. The maximum absolute atomic E-state index is 13.3. The third-order valence-electron chi connectivity index (χ3n) is 3.93. The lowest BCUT2D eigenvalue weighted by molar-refractivity contribution is 0.475. The van der Waals surface area contributed by atoms with Crippen LogP contribution in [0, 0.1) is 5.82 Å². The highest BCUT2D eigenvalue weighted by atomic mass is 35.5. The Morgan fingerprint density at radius 1 is 0.808 bits per heavy atom. The van der Waals surface area contributed by atoms with Gasteiger partial charge in [-0.2, -0.15) is 0 Å². The van der Waals surface area contributed by atoms with Crippen molar-refractivity contribution in [3.8, 4) is 39.7 Å². The van der Waals surface area contributed by atoms with Crippen molar-refractivity contribution in [3.63, 3.8) is 0 Å². The van der Waals surface area contributed by atoms with Crippen LogP contribution >= 0.6 is 12.4 Å². The summed E-state index contributed by atoms with van der Waals surface area (Å²) in [7, 11) is 0. The third kappa shape index (κ3) is 3.43. The van der Waals surface area contributed by atoms with E-state index >= 15 is 0 Å². The Labute approximate surface area is 157 Å². The minimum Gasteiger partial charge on any atom is -0.508 e. The summed E-state index contributed by atoms with van der Waals surface area (Å²) in [5, 5.41) is 9.47. The number of nitrogens with zero attached hydrogens (tertiary/aromatic N) is 2. The molecule has 26 heavy (non-hydrogen) atoms. The van der Waals surface area contributed by atoms with Crippen LogP contribution in [0.25, 0.3) is 33.9 Å². The molecule has 0 aliphatic rings. The van der Waals surface area contributed by atoms with Gasteiger partial charge in [-0.15, -0.1) is 12.4 Å². The highest BCUT2D eigenvalue weighted by Crippen LogP contribution is 2.33. The minimum atomic E-state index is -0.288. The fraction of sp³-hybridized carbons (Fsp3) is 0. The molecule has 0 radical (unpaired) electrons. The molecule has 0 fully saturated rings. The van der Waals surface area contributed by atoms with Crippen molar-refractivity contribution < 1.29 is 10.9 Å². The number of rotatable bonds is 3. The van der Waals surface area contributed by atoms with Crippen molar-refractivity contribution in [2.75, 3.05) is 0 Å². The second kappa shape index (κ2) is 7.37. The largest absolute Gasteiger partial charge is 0.508 e. The summed E-state index contributed by atoms with van der Waals surface area (Å²) in [6, 6.07) is 16.8. The summed E-state index contributed by atoms with van der Waals surface area (Å²) < 4.78 is 13.3. The predicted molar refractivity (Wildman–Crippen MR) is 104 cm³/mol. The summed E-state index contributed by atoms with van der Waals surface area (Å²) in [5.41, 5.74) is 4.16. The molecular formula is C20H17ClFN3O. The molecule has 0 bridgehead atoms. The maximum atomic E-state index is 13.3. The van der Waals surface area contributed by atoms with Crippen LogP contribution in [-0.2, 0) is 0 Å². The first-order valence-corrected chi connectivity index (χ1v) is 7.76. The molecule has 2 heterocycles. The first-order valence-electron chi connectivity index (χ1n) is 7.76. The summed E-state index contributed by atoms with van der Waals surface area (Å²) in [6.45, 7) is 0. The van der Waals surface area contributed by atoms with Crippen LogP contribution in [0.5, 0.6) is 5.75 Å². The predicted octanol–water partition coefficient (Wildman–Crippen LogP) is 5.32. The number of H-pyrrole nitrogens is 1. The molecule has 6 heteroatoms. The van der Waals surface area contributed by atoms with Crippen molar-refractivity contribution in [2.45, 2.75) is 0 Å². The lowest BCUT2D eigenvalue weighted by Crippen LogP contribution is -1.84. The molecule has 4 nitrogen and oxygen atoms in total. The molecule has 0 saturated heterocycles. The second-order valence-electron chi connectivity index (χ2n) is 5.60. The summed E-state index contributed by atoms with van der Waals surface area (Å²) in [6.07, 6.45) is 3.43. The number of benzene rings is 2. The minimum absolute atomic E-state index is 0. The Bertz CT molecular complexity index is 1010. The lowest BCUT2D eigenvalue weighted by atomic mass is 10.1. The Morgan fingerprint density at radius 2 is 1.42 bits per heavy atom. The number of hydrogen-bond donors (Lipinski definition) is 2. The van der Waals surface area contributed by atoms with Gasteiger partial charge in [0.25, 0.3) is 0 Å². The Hall–Kier alpha value is -3.18. The number of aromatic nitrogens is 3. The van der Waals surface area contributed by atoms with Gasteiger partial charge >= 0.3 is 0 Å². The fourth-order valence-electron chi connectivity index (χ4n) is 2.67. The zero-order valence-electron chi connectivity index (χ0n) is 13.6. The van der Waals surface area contributed by atoms with E-state index in [1.54, 1.807) is 48.8 Å². The van der Waals surface area contributed by atoms with Gasteiger partial charge in [-0.1, -0.05) is 0 Å². The van der Waals surface area contributed by atoms with E-state index in [2.05, 4.69) is 9.97 Å². The van der Waals surface area contributed by atoms with E-state index in [1.807, 2.05) is 12.1 Å². The average molecular weight is 370 g/mol. The van der Waals surface area contributed by atoms with E-state index in [0.29, 0.717) is 5.82 Å². The molecule has 0 spiro atoms. The van der Waals surface area contributed by atoms with Gasteiger partial charge in [0.1, 0.15) is 17.4 Å². The van der Waals surface area contributed by atoms with Gasteiger partial charge in [-0.3, -0.25) is 4.98 Å². The molecule has 4 rings (SSSR count). The molecule has 2 aromatic carbocycles. The molecule has 0 atom stereocenters. The van der Waals surface area contributed by atoms with Crippen molar-refractivity contribution in [3.05, 3.63) is 78.9 Å². The number of halogens is 2. The van der Waals surface area contributed by atoms with E-state index in [-0.39, 0.29) is 25.4 Å². The molecule has 0 aliphatic heterocycles. The SMILES string of the molecule is Cl.Oc1ccc(-c2nc(-c3ccc(F)cc3)c(-c3ccncc3)[nH]2)cc1.[HH]. The number of aromatic amines is 1. The van der Waals surface area contributed by atoms with Crippen LogP contribution in [0.4, 0.5) is 4.39 Å². The molecule has 4 aromatic rings. The number of phenols is 1. The smallest absolute Gasteiger partial charge is 0.138 e. The topological polar surface area (TPSA) is 61.8 Å². The van der Waals surface area contributed by atoms with Crippen molar-refractivity contribution in [2.24, 2.45) is 0 Å². The van der Waals surface area contributed by atoms with Crippen LogP contribution in [-0.4, -0.2) is 20.1 Å². The normalized spacial score (nSPS) is 10.3. The number of pyridine rings is 1. The second-order valence-corrected chi connectivity index (χ2v) is 5.60.